The number of hydrogen-bond acceptors (Lipinski definition) is 4. The molecule has 144 valence electrons. The van der Waals surface area contributed by atoms with Crippen molar-refractivity contribution in [1.29, 1.82) is 0 Å². The molecule has 27 heavy (non-hydrogen) atoms. The van der Waals surface area contributed by atoms with Crippen LogP contribution in [-0.2, 0) is 6.54 Å². The lowest BCUT2D eigenvalue weighted by molar-refractivity contribution is 0.0951. The van der Waals surface area contributed by atoms with E-state index in [0.717, 1.165) is 6.54 Å². The molecule has 7 heteroatoms. The van der Waals surface area contributed by atoms with Crippen LogP contribution in [0.3, 0.4) is 0 Å². The number of halogens is 2. The molecule has 0 bridgehead atoms. The Kier molecular flexibility index (Phi) is 6.16. The topological polar surface area (TPSA) is 63.2 Å². The van der Waals surface area contributed by atoms with E-state index in [-0.39, 0.29) is 24.3 Å². The molecule has 1 aliphatic carbocycles. The van der Waals surface area contributed by atoms with Gasteiger partial charge in [-0.15, -0.1) is 0 Å². The van der Waals surface area contributed by atoms with E-state index in [0.29, 0.717) is 27.9 Å². The van der Waals surface area contributed by atoms with E-state index in [9.17, 15) is 9.18 Å². The number of amides is 1. The van der Waals surface area contributed by atoms with Crippen LogP contribution in [0.5, 0.6) is 5.75 Å². The highest BCUT2D eigenvalue weighted by molar-refractivity contribution is 6.34. The highest BCUT2D eigenvalue weighted by Gasteiger charge is 2.23. The van der Waals surface area contributed by atoms with Crippen molar-refractivity contribution in [3.8, 4) is 5.75 Å². The normalized spacial score (nSPS) is 13.5. The monoisotopic (exact) mass is 391 g/mol. The molecule has 1 fully saturated rings. The zero-order valence-corrected chi connectivity index (χ0v) is 16.1. The van der Waals surface area contributed by atoms with Crippen LogP contribution in [0.15, 0.2) is 30.5 Å². The van der Waals surface area contributed by atoms with Crippen molar-refractivity contribution < 1.29 is 13.9 Å². The van der Waals surface area contributed by atoms with Crippen LogP contribution in [0.25, 0.3) is 0 Å². The zero-order valence-electron chi connectivity index (χ0n) is 15.4. The Labute approximate surface area is 163 Å². The van der Waals surface area contributed by atoms with Gasteiger partial charge >= 0.3 is 0 Å². The minimum atomic E-state index is -0.457. The van der Waals surface area contributed by atoms with Crippen molar-refractivity contribution >= 4 is 23.3 Å². The van der Waals surface area contributed by atoms with Gasteiger partial charge in [-0.3, -0.25) is 4.79 Å². The number of aromatic nitrogens is 1. The molecular formula is C20H23ClFN3O2. The summed E-state index contributed by atoms with van der Waals surface area (Å²) in [5.41, 5.74) is 0.935. The van der Waals surface area contributed by atoms with E-state index in [2.05, 4.69) is 15.6 Å². The van der Waals surface area contributed by atoms with E-state index < -0.39 is 5.82 Å². The third kappa shape index (κ3) is 5.32. The van der Waals surface area contributed by atoms with Crippen molar-refractivity contribution in [1.82, 2.24) is 10.3 Å². The Morgan fingerprint density at radius 3 is 2.81 bits per heavy atom. The summed E-state index contributed by atoms with van der Waals surface area (Å²) in [6.07, 6.45) is 3.84. The van der Waals surface area contributed by atoms with E-state index in [4.69, 9.17) is 16.3 Å². The van der Waals surface area contributed by atoms with Crippen molar-refractivity contribution in [2.24, 2.45) is 5.92 Å². The fraction of sp³-hybridized carbons (Fsp3) is 0.400. The summed E-state index contributed by atoms with van der Waals surface area (Å²) in [5, 5.41) is 6.30. The first-order valence-corrected chi connectivity index (χ1v) is 9.43. The molecule has 0 aliphatic heterocycles. The van der Waals surface area contributed by atoms with Crippen molar-refractivity contribution in [3.05, 3.63) is 52.4 Å². The highest BCUT2D eigenvalue weighted by atomic mass is 35.5. The van der Waals surface area contributed by atoms with Gasteiger partial charge in [0.05, 0.1) is 11.1 Å². The molecule has 0 spiro atoms. The Hall–Kier alpha value is -2.34. The molecular weight excluding hydrogens is 369 g/mol. The number of carbonyl (C=O) groups is 1. The first kappa shape index (κ1) is 19.4. The molecule has 1 aromatic carbocycles. The minimum Gasteiger partial charge on any atom is -0.488 e. The van der Waals surface area contributed by atoms with Gasteiger partial charge in [0.15, 0.2) is 11.6 Å². The van der Waals surface area contributed by atoms with Gasteiger partial charge in [0.25, 0.3) is 5.91 Å². The third-order valence-electron chi connectivity index (χ3n) is 4.19. The molecule has 0 radical (unpaired) electrons. The molecule has 1 aromatic heterocycles. The minimum absolute atomic E-state index is 0.112. The number of pyridine rings is 1. The fourth-order valence-corrected chi connectivity index (χ4v) is 2.86. The van der Waals surface area contributed by atoms with Gasteiger partial charge < -0.3 is 15.4 Å². The number of anilines is 1. The summed E-state index contributed by atoms with van der Waals surface area (Å²) in [4.78, 5) is 16.9. The molecule has 0 saturated heterocycles. The molecule has 3 rings (SSSR count). The molecule has 0 atom stereocenters. The van der Waals surface area contributed by atoms with Crippen LogP contribution in [0.2, 0.25) is 5.02 Å². The summed E-state index contributed by atoms with van der Waals surface area (Å²) >= 11 is 6.21. The van der Waals surface area contributed by atoms with Gasteiger partial charge in [-0.05, 0) is 56.4 Å². The van der Waals surface area contributed by atoms with Crippen molar-refractivity contribution in [2.45, 2.75) is 39.3 Å². The summed E-state index contributed by atoms with van der Waals surface area (Å²) in [6, 6.07) is 6.22. The molecule has 0 unspecified atom stereocenters. The van der Waals surface area contributed by atoms with Crippen LogP contribution in [-0.4, -0.2) is 23.5 Å². The Morgan fingerprint density at radius 2 is 2.15 bits per heavy atom. The highest BCUT2D eigenvalue weighted by Crippen LogP contribution is 2.30. The SMILES string of the molecule is CC(C)Oc1ccc(CNC(=O)c2c(Cl)ccnc2NCC2CC2)cc1F. The second kappa shape index (κ2) is 8.57. The van der Waals surface area contributed by atoms with Crippen LogP contribution >= 0.6 is 11.6 Å². The third-order valence-corrected chi connectivity index (χ3v) is 4.51. The lowest BCUT2D eigenvalue weighted by Crippen LogP contribution is -2.25. The second-order valence-corrected chi connectivity index (χ2v) is 7.36. The lowest BCUT2D eigenvalue weighted by atomic mass is 10.2. The smallest absolute Gasteiger partial charge is 0.256 e. The Balaban J connectivity index is 1.66. The summed E-state index contributed by atoms with van der Waals surface area (Å²) in [7, 11) is 0. The number of ether oxygens (including phenoxy) is 1. The molecule has 1 aliphatic rings. The van der Waals surface area contributed by atoms with E-state index >= 15 is 0 Å². The number of carbonyl (C=O) groups excluding carboxylic acids is 1. The molecule has 1 amide bonds. The largest absolute Gasteiger partial charge is 0.488 e. The Bertz CT molecular complexity index is 825. The molecule has 5 nitrogen and oxygen atoms in total. The molecule has 2 aromatic rings. The van der Waals surface area contributed by atoms with E-state index in [1.54, 1.807) is 24.4 Å². The van der Waals surface area contributed by atoms with Gasteiger partial charge in [0.1, 0.15) is 11.4 Å². The van der Waals surface area contributed by atoms with Crippen LogP contribution in [0.4, 0.5) is 10.2 Å². The number of benzene rings is 1. The summed E-state index contributed by atoms with van der Waals surface area (Å²) in [6.45, 7) is 4.61. The predicted molar refractivity (Wildman–Crippen MR) is 104 cm³/mol. The summed E-state index contributed by atoms with van der Waals surface area (Å²) < 4.78 is 19.5. The number of nitrogens with zero attached hydrogens (tertiary/aromatic N) is 1. The predicted octanol–water partition coefficient (Wildman–Crippen LogP) is 4.41. The van der Waals surface area contributed by atoms with Crippen LogP contribution < -0.4 is 15.4 Å². The van der Waals surface area contributed by atoms with Gasteiger partial charge in [-0.25, -0.2) is 9.37 Å². The van der Waals surface area contributed by atoms with Crippen molar-refractivity contribution in [3.63, 3.8) is 0 Å². The standard InChI is InChI=1S/C20H23ClFN3O2/c1-12(2)27-17-6-5-14(9-16(17)22)11-25-20(26)18-15(21)7-8-23-19(18)24-10-13-3-4-13/h5-9,12-13H,3-4,10-11H2,1-2H3,(H,23,24)(H,25,26). The maximum atomic E-state index is 14.1. The molecule has 1 saturated carbocycles. The van der Waals surface area contributed by atoms with Crippen molar-refractivity contribution in [2.75, 3.05) is 11.9 Å². The maximum absolute atomic E-state index is 14.1. The van der Waals surface area contributed by atoms with Crippen LogP contribution in [0, 0.1) is 11.7 Å². The Morgan fingerprint density at radius 1 is 1.37 bits per heavy atom. The van der Waals surface area contributed by atoms with Gasteiger partial charge in [0.2, 0.25) is 0 Å². The van der Waals surface area contributed by atoms with E-state index in [1.165, 1.54) is 18.9 Å². The van der Waals surface area contributed by atoms with Gasteiger partial charge in [-0.1, -0.05) is 17.7 Å². The lowest BCUT2D eigenvalue weighted by Gasteiger charge is -2.13. The van der Waals surface area contributed by atoms with Gasteiger partial charge in [-0.2, -0.15) is 0 Å². The summed E-state index contributed by atoms with van der Waals surface area (Å²) in [5.74, 6) is 0.493. The number of rotatable bonds is 8. The molecule has 1 heterocycles. The fourth-order valence-electron chi connectivity index (χ4n) is 2.63. The zero-order chi connectivity index (χ0) is 19.4. The first-order chi connectivity index (χ1) is 12.9. The first-order valence-electron chi connectivity index (χ1n) is 9.05. The average molecular weight is 392 g/mol. The average Bonchev–Trinajstić information content (AvgIpc) is 3.44. The quantitative estimate of drug-likeness (QED) is 0.699. The maximum Gasteiger partial charge on any atom is 0.256 e. The second-order valence-electron chi connectivity index (χ2n) is 6.95. The molecule has 2 N–H and O–H groups in total. The number of hydrogen-bond donors (Lipinski definition) is 2. The van der Waals surface area contributed by atoms with Crippen LogP contribution in [0.1, 0.15) is 42.6 Å². The van der Waals surface area contributed by atoms with Gasteiger partial charge in [0, 0.05) is 19.3 Å². The van der Waals surface area contributed by atoms with E-state index in [1.807, 2.05) is 13.8 Å². The number of nitrogens with one attached hydrogen (secondary N) is 2.